The van der Waals surface area contributed by atoms with Crippen LogP contribution in [0.5, 0.6) is 0 Å². The molecule has 0 atom stereocenters. The molecule has 1 aromatic rings. The highest BCUT2D eigenvalue weighted by atomic mass is 32.2. The second-order valence-corrected chi connectivity index (χ2v) is 7.39. The molecule has 0 spiro atoms. The van der Waals surface area contributed by atoms with E-state index in [1.165, 1.54) is 10.6 Å². The number of benzene rings is 1. The van der Waals surface area contributed by atoms with Crippen LogP contribution >= 0.6 is 11.8 Å². The molecule has 22 heavy (non-hydrogen) atoms. The minimum Gasteiger partial charge on any atom is -0.444 e. The van der Waals surface area contributed by atoms with E-state index in [4.69, 9.17) is 4.74 Å². The second kappa shape index (κ2) is 7.27. The van der Waals surface area contributed by atoms with Gasteiger partial charge in [-0.15, -0.1) is 11.8 Å². The van der Waals surface area contributed by atoms with Crippen molar-refractivity contribution in [3.63, 3.8) is 0 Å². The molecular weight excluding hydrogens is 296 g/mol. The third-order valence-electron chi connectivity index (χ3n) is 3.59. The monoisotopic (exact) mass is 322 g/mol. The van der Waals surface area contributed by atoms with Gasteiger partial charge in [-0.1, -0.05) is 0 Å². The molecular formula is C17H26N2O2S. The van der Waals surface area contributed by atoms with Crippen molar-refractivity contribution in [2.75, 3.05) is 37.3 Å². The summed E-state index contributed by atoms with van der Waals surface area (Å²) >= 11 is 1.75. The number of amides is 1. The van der Waals surface area contributed by atoms with E-state index >= 15 is 0 Å². The maximum absolute atomic E-state index is 12.2. The molecule has 5 heteroatoms. The predicted octanol–water partition coefficient (Wildman–Crippen LogP) is 3.86. The lowest BCUT2D eigenvalue weighted by Crippen LogP contribution is -2.39. The Bertz CT molecular complexity index is 496. The summed E-state index contributed by atoms with van der Waals surface area (Å²) < 4.78 is 5.47. The van der Waals surface area contributed by atoms with E-state index in [0.29, 0.717) is 6.54 Å². The summed E-state index contributed by atoms with van der Waals surface area (Å²) in [6, 6.07) is 8.62. The third-order valence-corrected chi connectivity index (χ3v) is 4.33. The SMILES string of the molecule is CSc1ccc(N2CCCN(C(=O)OC(C)(C)C)CC2)cc1. The van der Waals surface area contributed by atoms with Gasteiger partial charge in [-0.05, 0) is 57.7 Å². The number of carbonyl (C=O) groups is 1. The Kier molecular flexibility index (Phi) is 5.62. The van der Waals surface area contributed by atoms with Crippen molar-refractivity contribution in [1.82, 2.24) is 4.90 Å². The molecule has 1 aliphatic rings. The molecule has 0 aliphatic carbocycles. The molecule has 2 rings (SSSR count). The second-order valence-electron chi connectivity index (χ2n) is 6.51. The van der Waals surface area contributed by atoms with Gasteiger partial charge in [0.25, 0.3) is 0 Å². The minimum atomic E-state index is -0.434. The average molecular weight is 322 g/mol. The number of rotatable bonds is 2. The van der Waals surface area contributed by atoms with E-state index in [1.54, 1.807) is 11.8 Å². The Morgan fingerprint density at radius 2 is 1.77 bits per heavy atom. The van der Waals surface area contributed by atoms with Crippen LogP contribution in [0, 0.1) is 0 Å². The lowest BCUT2D eigenvalue weighted by Gasteiger charge is -2.27. The van der Waals surface area contributed by atoms with Gasteiger partial charge in [-0.2, -0.15) is 0 Å². The maximum Gasteiger partial charge on any atom is 0.410 e. The van der Waals surface area contributed by atoms with Crippen LogP contribution in [0.3, 0.4) is 0 Å². The highest BCUT2D eigenvalue weighted by Crippen LogP contribution is 2.22. The maximum atomic E-state index is 12.2. The first kappa shape index (κ1) is 17.0. The minimum absolute atomic E-state index is 0.202. The molecule has 1 heterocycles. The van der Waals surface area contributed by atoms with Crippen LogP contribution in [0.15, 0.2) is 29.2 Å². The number of anilines is 1. The molecule has 0 aromatic heterocycles. The Balaban J connectivity index is 1.95. The van der Waals surface area contributed by atoms with Gasteiger partial charge in [-0.3, -0.25) is 0 Å². The number of hydrogen-bond acceptors (Lipinski definition) is 4. The lowest BCUT2D eigenvalue weighted by atomic mass is 10.2. The van der Waals surface area contributed by atoms with Gasteiger partial charge >= 0.3 is 6.09 Å². The molecule has 4 nitrogen and oxygen atoms in total. The first-order valence-electron chi connectivity index (χ1n) is 7.76. The summed E-state index contributed by atoms with van der Waals surface area (Å²) in [7, 11) is 0. The fourth-order valence-corrected chi connectivity index (χ4v) is 2.89. The number of ether oxygens (including phenoxy) is 1. The van der Waals surface area contributed by atoms with Gasteiger partial charge < -0.3 is 14.5 Å². The molecule has 0 radical (unpaired) electrons. The van der Waals surface area contributed by atoms with Crippen molar-refractivity contribution < 1.29 is 9.53 Å². The van der Waals surface area contributed by atoms with Crippen LogP contribution in [-0.4, -0.2) is 49.0 Å². The first-order valence-corrected chi connectivity index (χ1v) is 8.98. The summed E-state index contributed by atoms with van der Waals surface area (Å²) in [5.74, 6) is 0. The molecule has 1 saturated heterocycles. The molecule has 1 aliphatic heterocycles. The molecule has 0 bridgehead atoms. The van der Waals surface area contributed by atoms with E-state index < -0.39 is 5.60 Å². The van der Waals surface area contributed by atoms with Gasteiger partial charge in [0.2, 0.25) is 0 Å². The third kappa shape index (κ3) is 4.83. The summed E-state index contributed by atoms with van der Waals surface area (Å²) in [6.45, 7) is 9.00. The van der Waals surface area contributed by atoms with Crippen LogP contribution in [0.2, 0.25) is 0 Å². The molecule has 1 fully saturated rings. The van der Waals surface area contributed by atoms with E-state index in [9.17, 15) is 4.79 Å². The summed E-state index contributed by atoms with van der Waals surface area (Å²) in [5.41, 5.74) is 0.792. The number of thioether (sulfide) groups is 1. The van der Waals surface area contributed by atoms with E-state index in [2.05, 4.69) is 35.4 Å². The predicted molar refractivity (Wildman–Crippen MR) is 92.9 cm³/mol. The molecule has 122 valence electrons. The van der Waals surface area contributed by atoms with Crippen LogP contribution in [0.25, 0.3) is 0 Å². The van der Waals surface area contributed by atoms with Crippen molar-refractivity contribution in [3.05, 3.63) is 24.3 Å². The highest BCUT2D eigenvalue weighted by Gasteiger charge is 2.24. The molecule has 1 aromatic carbocycles. The number of hydrogen-bond donors (Lipinski definition) is 0. The standard InChI is InChI=1S/C17H26N2O2S/c1-17(2,3)21-16(20)19-11-5-10-18(12-13-19)14-6-8-15(22-4)9-7-14/h6-9H,5,10-13H2,1-4H3. The van der Waals surface area contributed by atoms with Crippen molar-refractivity contribution >= 4 is 23.5 Å². The van der Waals surface area contributed by atoms with Crippen LogP contribution < -0.4 is 4.90 Å². The Morgan fingerprint density at radius 3 is 2.36 bits per heavy atom. The van der Waals surface area contributed by atoms with Gasteiger partial charge in [0.05, 0.1) is 0 Å². The smallest absolute Gasteiger partial charge is 0.410 e. The van der Waals surface area contributed by atoms with Gasteiger partial charge in [0.1, 0.15) is 5.60 Å². The Morgan fingerprint density at radius 1 is 1.09 bits per heavy atom. The number of nitrogens with zero attached hydrogens (tertiary/aromatic N) is 2. The van der Waals surface area contributed by atoms with Crippen molar-refractivity contribution in [2.45, 2.75) is 37.7 Å². The fourth-order valence-electron chi connectivity index (χ4n) is 2.48. The van der Waals surface area contributed by atoms with Crippen LogP contribution in [-0.2, 0) is 4.74 Å². The normalized spacial score (nSPS) is 16.4. The summed E-state index contributed by atoms with van der Waals surface area (Å²) in [6.07, 6.45) is 2.84. The summed E-state index contributed by atoms with van der Waals surface area (Å²) in [5, 5.41) is 0. The quantitative estimate of drug-likeness (QED) is 0.774. The zero-order chi connectivity index (χ0) is 16.2. The van der Waals surface area contributed by atoms with Crippen molar-refractivity contribution in [2.24, 2.45) is 0 Å². The van der Waals surface area contributed by atoms with Gasteiger partial charge in [0.15, 0.2) is 0 Å². The van der Waals surface area contributed by atoms with Crippen molar-refractivity contribution in [3.8, 4) is 0 Å². The molecule has 1 amide bonds. The van der Waals surface area contributed by atoms with Crippen molar-refractivity contribution in [1.29, 1.82) is 0 Å². The molecule has 0 unspecified atom stereocenters. The van der Waals surface area contributed by atoms with E-state index in [-0.39, 0.29) is 6.09 Å². The fraction of sp³-hybridized carbons (Fsp3) is 0.588. The highest BCUT2D eigenvalue weighted by molar-refractivity contribution is 7.98. The largest absolute Gasteiger partial charge is 0.444 e. The topological polar surface area (TPSA) is 32.8 Å². The lowest BCUT2D eigenvalue weighted by molar-refractivity contribution is 0.0263. The van der Waals surface area contributed by atoms with E-state index in [1.807, 2.05) is 25.7 Å². The number of carbonyl (C=O) groups excluding carboxylic acids is 1. The van der Waals surface area contributed by atoms with Crippen LogP contribution in [0.4, 0.5) is 10.5 Å². The zero-order valence-electron chi connectivity index (χ0n) is 14.0. The summed E-state index contributed by atoms with van der Waals surface area (Å²) in [4.78, 5) is 17.6. The van der Waals surface area contributed by atoms with Crippen LogP contribution in [0.1, 0.15) is 27.2 Å². The van der Waals surface area contributed by atoms with E-state index in [0.717, 1.165) is 26.1 Å². The molecule has 0 N–H and O–H groups in total. The average Bonchev–Trinajstić information content (AvgIpc) is 2.71. The first-order chi connectivity index (χ1) is 10.4. The van der Waals surface area contributed by atoms with Gasteiger partial charge in [0, 0.05) is 36.8 Å². The zero-order valence-corrected chi connectivity index (χ0v) is 14.8. The molecule has 0 saturated carbocycles. The van der Waals surface area contributed by atoms with Gasteiger partial charge in [-0.25, -0.2) is 4.79 Å². The Labute approximate surface area is 137 Å². The Hall–Kier alpha value is -1.36.